The van der Waals surface area contributed by atoms with Gasteiger partial charge in [0.2, 0.25) is 0 Å². The van der Waals surface area contributed by atoms with Gasteiger partial charge in [-0.15, -0.1) is 11.6 Å². The van der Waals surface area contributed by atoms with Crippen LogP contribution in [0.5, 0.6) is 0 Å². The summed E-state index contributed by atoms with van der Waals surface area (Å²) in [5.74, 6) is 0. The van der Waals surface area contributed by atoms with Crippen LogP contribution >= 0.6 is 23.2 Å². The standard InChI is InChI=1S/C19H16Cl2/c20-18-14-8-7-13-17(18)19(21,15-9-3-1-4-10-15)16-11-5-2-6-12-16/h1-6,9-14H,7-8H2. The topological polar surface area (TPSA) is 0 Å². The molecular formula is C19H16Cl2. The predicted molar refractivity (Wildman–Crippen MR) is 90.8 cm³/mol. The smallest absolute Gasteiger partial charge is 0.103 e. The molecule has 2 heteroatoms. The molecule has 1 aliphatic rings. The van der Waals surface area contributed by atoms with E-state index >= 15 is 0 Å². The highest BCUT2D eigenvalue weighted by Gasteiger charge is 2.37. The van der Waals surface area contributed by atoms with Crippen molar-refractivity contribution in [1.29, 1.82) is 0 Å². The van der Waals surface area contributed by atoms with Gasteiger partial charge in [-0.25, -0.2) is 0 Å². The highest BCUT2D eigenvalue weighted by Crippen LogP contribution is 2.48. The van der Waals surface area contributed by atoms with Crippen LogP contribution in [0.1, 0.15) is 24.0 Å². The van der Waals surface area contributed by atoms with Gasteiger partial charge in [-0.3, -0.25) is 0 Å². The molecule has 0 N–H and O–H groups in total. The van der Waals surface area contributed by atoms with E-state index in [2.05, 4.69) is 36.4 Å². The van der Waals surface area contributed by atoms with Crippen LogP contribution in [0.4, 0.5) is 0 Å². The van der Waals surface area contributed by atoms with Gasteiger partial charge in [0.25, 0.3) is 0 Å². The first-order valence-corrected chi connectivity index (χ1v) is 7.85. The first-order chi connectivity index (χ1) is 10.2. The minimum Gasteiger partial charge on any atom is -0.103 e. The molecule has 0 amide bonds. The fourth-order valence-corrected chi connectivity index (χ4v) is 3.57. The molecule has 0 saturated heterocycles. The van der Waals surface area contributed by atoms with Crippen LogP contribution < -0.4 is 0 Å². The van der Waals surface area contributed by atoms with Gasteiger partial charge < -0.3 is 0 Å². The zero-order valence-corrected chi connectivity index (χ0v) is 13.1. The fraction of sp³-hybridized carbons (Fsp3) is 0.158. The van der Waals surface area contributed by atoms with Gasteiger partial charge in [0.1, 0.15) is 4.87 Å². The van der Waals surface area contributed by atoms with Gasteiger partial charge in [0.05, 0.1) is 0 Å². The predicted octanol–water partition coefficient (Wildman–Crippen LogP) is 6.01. The van der Waals surface area contributed by atoms with E-state index in [9.17, 15) is 0 Å². The normalized spacial score (nSPS) is 15.3. The molecule has 0 fully saturated rings. The summed E-state index contributed by atoms with van der Waals surface area (Å²) in [6.07, 6.45) is 6.16. The van der Waals surface area contributed by atoms with E-state index in [1.807, 2.05) is 36.4 Å². The molecule has 0 saturated carbocycles. The molecule has 0 heterocycles. The lowest BCUT2D eigenvalue weighted by atomic mass is 9.81. The summed E-state index contributed by atoms with van der Waals surface area (Å²) in [4.78, 5) is -0.740. The number of hydrogen-bond donors (Lipinski definition) is 0. The van der Waals surface area contributed by atoms with Crippen molar-refractivity contribution >= 4 is 23.2 Å². The quantitative estimate of drug-likeness (QED) is 0.608. The molecule has 2 aromatic rings. The third kappa shape index (κ3) is 2.66. The molecule has 0 aliphatic heterocycles. The Morgan fingerprint density at radius 2 is 1.19 bits per heavy atom. The molecule has 2 aromatic carbocycles. The van der Waals surface area contributed by atoms with Crippen molar-refractivity contribution in [2.75, 3.05) is 0 Å². The minimum absolute atomic E-state index is 0.740. The zero-order valence-electron chi connectivity index (χ0n) is 11.6. The third-order valence-electron chi connectivity index (χ3n) is 3.81. The van der Waals surface area contributed by atoms with Crippen molar-refractivity contribution in [3.63, 3.8) is 0 Å². The molecule has 106 valence electrons. The average molecular weight is 315 g/mol. The SMILES string of the molecule is ClC1=CCCC=C1C(Cl)(c1ccccc1)c1ccccc1. The molecule has 0 aromatic heterocycles. The molecule has 0 spiro atoms. The van der Waals surface area contributed by atoms with Crippen molar-refractivity contribution < 1.29 is 0 Å². The van der Waals surface area contributed by atoms with Crippen LogP contribution in [-0.2, 0) is 4.87 Å². The highest BCUT2D eigenvalue weighted by molar-refractivity contribution is 6.36. The van der Waals surface area contributed by atoms with E-state index in [-0.39, 0.29) is 0 Å². The van der Waals surface area contributed by atoms with Gasteiger partial charge >= 0.3 is 0 Å². The Kier molecular flexibility index (Phi) is 4.19. The second kappa shape index (κ2) is 6.09. The average Bonchev–Trinajstić information content (AvgIpc) is 2.56. The molecule has 0 nitrogen and oxygen atoms in total. The van der Waals surface area contributed by atoms with Crippen LogP contribution in [0.3, 0.4) is 0 Å². The van der Waals surface area contributed by atoms with Crippen molar-refractivity contribution in [3.05, 3.63) is 94.5 Å². The molecule has 0 atom stereocenters. The molecule has 3 rings (SSSR count). The monoisotopic (exact) mass is 314 g/mol. The van der Waals surface area contributed by atoms with Gasteiger partial charge in [-0.1, -0.05) is 84.4 Å². The van der Waals surface area contributed by atoms with E-state index in [4.69, 9.17) is 23.2 Å². The van der Waals surface area contributed by atoms with Crippen LogP contribution in [0.15, 0.2) is 83.4 Å². The molecule has 21 heavy (non-hydrogen) atoms. The molecule has 0 bridgehead atoms. The number of allylic oxidation sites excluding steroid dienone is 4. The zero-order chi connectivity index (χ0) is 14.7. The Hall–Kier alpha value is -1.50. The lowest BCUT2D eigenvalue weighted by Crippen LogP contribution is -2.24. The number of benzene rings is 2. The Morgan fingerprint density at radius 1 is 0.714 bits per heavy atom. The van der Waals surface area contributed by atoms with E-state index in [1.165, 1.54) is 0 Å². The van der Waals surface area contributed by atoms with Gasteiger partial charge in [-0.05, 0) is 29.5 Å². The maximum atomic E-state index is 7.17. The van der Waals surface area contributed by atoms with Gasteiger partial charge in [0.15, 0.2) is 0 Å². The lowest BCUT2D eigenvalue weighted by molar-refractivity contribution is 0.842. The van der Waals surface area contributed by atoms with Gasteiger partial charge in [0, 0.05) is 5.03 Å². The highest BCUT2D eigenvalue weighted by atomic mass is 35.5. The van der Waals surface area contributed by atoms with E-state index < -0.39 is 4.87 Å². The van der Waals surface area contributed by atoms with E-state index in [1.54, 1.807) is 0 Å². The van der Waals surface area contributed by atoms with Gasteiger partial charge in [-0.2, -0.15) is 0 Å². The Morgan fingerprint density at radius 3 is 1.67 bits per heavy atom. The largest absolute Gasteiger partial charge is 0.120 e. The first-order valence-electron chi connectivity index (χ1n) is 7.09. The van der Waals surface area contributed by atoms with Crippen LogP contribution in [0, 0.1) is 0 Å². The van der Waals surface area contributed by atoms with Crippen molar-refractivity contribution in [2.24, 2.45) is 0 Å². The second-order valence-corrected chi connectivity index (χ2v) is 6.11. The summed E-state index contributed by atoms with van der Waals surface area (Å²) in [5.41, 5.74) is 3.06. The van der Waals surface area contributed by atoms with E-state index in [0.29, 0.717) is 0 Å². The van der Waals surface area contributed by atoms with Crippen molar-refractivity contribution in [3.8, 4) is 0 Å². The second-order valence-electron chi connectivity index (χ2n) is 5.14. The summed E-state index contributed by atoms with van der Waals surface area (Å²) in [6.45, 7) is 0. The maximum Gasteiger partial charge on any atom is 0.120 e. The Labute approximate surface area is 135 Å². The molecule has 0 radical (unpaired) electrons. The van der Waals surface area contributed by atoms with Crippen LogP contribution in [0.25, 0.3) is 0 Å². The van der Waals surface area contributed by atoms with E-state index in [0.717, 1.165) is 34.6 Å². The molecule has 1 aliphatic carbocycles. The number of hydrogen-bond acceptors (Lipinski definition) is 0. The summed E-state index contributed by atoms with van der Waals surface area (Å²) >= 11 is 13.6. The number of alkyl halides is 1. The summed E-state index contributed by atoms with van der Waals surface area (Å²) in [6, 6.07) is 20.3. The Balaban J connectivity index is 2.21. The summed E-state index contributed by atoms with van der Waals surface area (Å²) < 4.78 is 0. The molecule has 0 unspecified atom stereocenters. The van der Waals surface area contributed by atoms with Crippen molar-refractivity contribution in [1.82, 2.24) is 0 Å². The minimum atomic E-state index is -0.740. The van der Waals surface area contributed by atoms with Crippen LogP contribution in [0.2, 0.25) is 0 Å². The Bertz CT molecular complexity index is 630. The fourth-order valence-electron chi connectivity index (χ4n) is 2.76. The molecular weight excluding hydrogens is 299 g/mol. The van der Waals surface area contributed by atoms with Crippen molar-refractivity contribution in [2.45, 2.75) is 17.7 Å². The third-order valence-corrected chi connectivity index (χ3v) is 4.81. The summed E-state index contributed by atoms with van der Waals surface area (Å²) in [5, 5.41) is 0.754. The summed E-state index contributed by atoms with van der Waals surface area (Å²) in [7, 11) is 0. The number of rotatable bonds is 3. The van der Waals surface area contributed by atoms with Crippen LogP contribution in [-0.4, -0.2) is 0 Å². The first kappa shape index (κ1) is 14.4. The number of halogens is 2. The lowest BCUT2D eigenvalue weighted by Gasteiger charge is -2.32. The maximum absolute atomic E-state index is 7.17.